The first kappa shape index (κ1) is 13.8. The molecule has 1 N–H and O–H groups in total. The molecule has 0 fully saturated rings. The maximum atomic E-state index is 10.9. The first-order valence-corrected chi connectivity index (χ1v) is 6.27. The van der Waals surface area contributed by atoms with Crippen LogP contribution < -0.4 is 0 Å². The van der Waals surface area contributed by atoms with Crippen molar-refractivity contribution >= 4 is 28.5 Å². The Kier molecular flexibility index (Phi) is 4.02. The molecule has 0 atom stereocenters. The summed E-state index contributed by atoms with van der Waals surface area (Å²) in [7, 11) is 3.95. The SMILES string of the molecule is CN(C)Cc1cnc2ccc(Cl)c(CC(=O)O)c2c1. The van der Waals surface area contributed by atoms with Crippen LogP contribution >= 0.6 is 11.6 Å². The van der Waals surface area contributed by atoms with E-state index < -0.39 is 5.97 Å². The van der Waals surface area contributed by atoms with Crippen LogP contribution in [0.2, 0.25) is 5.02 Å². The summed E-state index contributed by atoms with van der Waals surface area (Å²) in [5.41, 5.74) is 2.43. The minimum Gasteiger partial charge on any atom is -0.481 e. The Bertz CT molecular complexity index is 626. The molecule has 1 aromatic carbocycles. The Hall–Kier alpha value is -1.65. The van der Waals surface area contributed by atoms with Gasteiger partial charge >= 0.3 is 5.97 Å². The van der Waals surface area contributed by atoms with Crippen molar-refractivity contribution in [3.8, 4) is 0 Å². The highest BCUT2D eigenvalue weighted by atomic mass is 35.5. The molecule has 4 nitrogen and oxygen atoms in total. The maximum Gasteiger partial charge on any atom is 0.307 e. The van der Waals surface area contributed by atoms with E-state index in [0.29, 0.717) is 10.6 Å². The van der Waals surface area contributed by atoms with Crippen molar-refractivity contribution in [1.82, 2.24) is 9.88 Å². The molecular formula is C14H15ClN2O2. The number of carboxylic acids is 1. The van der Waals surface area contributed by atoms with Crippen LogP contribution in [0.1, 0.15) is 11.1 Å². The van der Waals surface area contributed by atoms with Crippen LogP contribution in [0.3, 0.4) is 0 Å². The number of rotatable bonds is 4. The van der Waals surface area contributed by atoms with E-state index in [1.807, 2.05) is 31.1 Å². The lowest BCUT2D eigenvalue weighted by Crippen LogP contribution is -2.11. The molecule has 0 saturated carbocycles. The predicted molar refractivity (Wildman–Crippen MR) is 75.5 cm³/mol. The smallest absolute Gasteiger partial charge is 0.307 e. The highest BCUT2D eigenvalue weighted by Crippen LogP contribution is 2.26. The number of carboxylic acid groups (broad SMARTS) is 1. The Labute approximate surface area is 116 Å². The van der Waals surface area contributed by atoms with Gasteiger partial charge in [-0.05, 0) is 43.4 Å². The van der Waals surface area contributed by atoms with E-state index in [9.17, 15) is 4.79 Å². The lowest BCUT2D eigenvalue weighted by molar-refractivity contribution is -0.136. The maximum absolute atomic E-state index is 10.9. The molecule has 2 rings (SSSR count). The molecule has 0 radical (unpaired) electrons. The van der Waals surface area contributed by atoms with Crippen LogP contribution in [-0.2, 0) is 17.8 Å². The second-order valence-electron chi connectivity index (χ2n) is 4.74. The van der Waals surface area contributed by atoms with Crippen molar-refractivity contribution < 1.29 is 9.90 Å². The van der Waals surface area contributed by atoms with Gasteiger partial charge in [0.25, 0.3) is 0 Å². The van der Waals surface area contributed by atoms with Gasteiger partial charge in [-0.25, -0.2) is 0 Å². The van der Waals surface area contributed by atoms with E-state index in [-0.39, 0.29) is 6.42 Å². The highest BCUT2D eigenvalue weighted by molar-refractivity contribution is 6.32. The first-order chi connectivity index (χ1) is 8.97. The van der Waals surface area contributed by atoms with Crippen LogP contribution in [0.15, 0.2) is 24.4 Å². The lowest BCUT2D eigenvalue weighted by atomic mass is 10.0. The van der Waals surface area contributed by atoms with Gasteiger partial charge in [0.2, 0.25) is 0 Å². The van der Waals surface area contributed by atoms with Crippen LogP contribution in [-0.4, -0.2) is 35.1 Å². The van der Waals surface area contributed by atoms with Crippen molar-refractivity contribution in [2.75, 3.05) is 14.1 Å². The van der Waals surface area contributed by atoms with E-state index in [1.165, 1.54) is 0 Å². The van der Waals surface area contributed by atoms with Crippen LogP contribution in [0.4, 0.5) is 0 Å². The molecule has 0 aliphatic carbocycles. The van der Waals surface area contributed by atoms with E-state index in [4.69, 9.17) is 16.7 Å². The Morgan fingerprint density at radius 3 is 2.79 bits per heavy atom. The number of nitrogens with zero attached hydrogens (tertiary/aromatic N) is 2. The lowest BCUT2D eigenvalue weighted by Gasteiger charge is -2.12. The van der Waals surface area contributed by atoms with Gasteiger partial charge in [-0.15, -0.1) is 0 Å². The molecular weight excluding hydrogens is 264 g/mol. The zero-order valence-electron chi connectivity index (χ0n) is 10.9. The highest BCUT2D eigenvalue weighted by Gasteiger charge is 2.11. The van der Waals surface area contributed by atoms with Gasteiger partial charge in [0, 0.05) is 23.2 Å². The summed E-state index contributed by atoms with van der Waals surface area (Å²) in [5.74, 6) is -0.896. The number of aliphatic carboxylic acids is 1. The molecule has 100 valence electrons. The minimum atomic E-state index is -0.896. The number of pyridine rings is 1. The molecule has 5 heteroatoms. The van der Waals surface area contributed by atoms with Gasteiger partial charge < -0.3 is 10.0 Å². The van der Waals surface area contributed by atoms with Crippen molar-refractivity contribution in [2.24, 2.45) is 0 Å². The summed E-state index contributed by atoms with van der Waals surface area (Å²) in [6.45, 7) is 0.752. The number of carbonyl (C=O) groups is 1. The fourth-order valence-corrected chi connectivity index (χ4v) is 2.29. The molecule has 0 aliphatic rings. The van der Waals surface area contributed by atoms with Gasteiger partial charge in [0.15, 0.2) is 0 Å². The molecule has 19 heavy (non-hydrogen) atoms. The van der Waals surface area contributed by atoms with E-state index in [0.717, 1.165) is 23.0 Å². The molecule has 0 bridgehead atoms. The number of aromatic nitrogens is 1. The van der Waals surface area contributed by atoms with Gasteiger partial charge in [-0.2, -0.15) is 0 Å². The summed E-state index contributed by atoms with van der Waals surface area (Å²) in [5, 5.41) is 10.3. The molecule has 1 heterocycles. The number of halogens is 1. The number of benzene rings is 1. The average molecular weight is 279 g/mol. The van der Waals surface area contributed by atoms with Crippen LogP contribution in [0, 0.1) is 0 Å². The van der Waals surface area contributed by atoms with Crippen molar-refractivity contribution in [3.63, 3.8) is 0 Å². The molecule has 0 spiro atoms. The number of fused-ring (bicyclic) bond motifs is 1. The fraction of sp³-hybridized carbons (Fsp3) is 0.286. The molecule has 0 unspecified atom stereocenters. The number of hydrogen-bond donors (Lipinski definition) is 1. The monoisotopic (exact) mass is 278 g/mol. The fourth-order valence-electron chi connectivity index (χ4n) is 2.06. The van der Waals surface area contributed by atoms with Gasteiger partial charge in [-0.3, -0.25) is 9.78 Å². The standard InChI is InChI=1S/C14H15ClN2O2/c1-17(2)8-9-5-11-10(6-14(18)19)12(15)3-4-13(11)16-7-9/h3-5,7H,6,8H2,1-2H3,(H,18,19). The second-order valence-corrected chi connectivity index (χ2v) is 5.15. The summed E-state index contributed by atoms with van der Waals surface area (Å²) in [6.07, 6.45) is 1.71. The summed E-state index contributed by atoms with van der Waals surface area (Å²) >= 11 is 6.10. The summed E-state index contributed by atoms with van der Waals surface area (Å²) < 4.78 is 0. The molecule has 0 saturated heterocycles. The van der Waals surface area contributed by atoms with Gasteiger partial charge in [0.05, 0.1) is 11.9 Å². The van der Waals surface area contributed by atoms with Gasteiger partial charge in [0.1, 0.15) is 0 Å². The third-order valence-corrected chi connectivity index (χ3v) is 3.16. The Morgan fingerprint density at radius 2 is 2.16 bits per heavy atom. The van der Waals surface area contributed by atoms with Crippen LogP contribution in [0.25, 0.3) is 10.9 Å². The third kappa shape index (κ3) is 3.22. The molecule has 0 amide bonds. The Morgan fingerprint density at radius 1 is 1.42 bits per heavy atom. The van der Waals surface area contributed by atoms with Crippen molar-refractivity contribution in [1.29, 1.82) is 0 Å². The van der Waals surface area contributed by atoms with E-state index in [2.05, 4.69) is 4.98 Å². The summed E-state index contributed by atoms with van der Waals surface area (Å²) in [4.78, 5) is 17.3. The van der Waals surface area contributed by atoms with E-state index >= 15 is 0 Å². The second kappa shape index (κ2) is 5.55. The average Bonchev–Trinajstić information content (AvgIpc) is 2.32. The number of hydrogen-bond acceptors (Lipinski definition) is 3. The topological polar surface area (TPSA) is 53.4 Å². The van der Waals surface area contributed by atoms with Gasteiger partial charge in [-0.1, -0.05) is 11.6 Å². The first-order valence-electron chi connectivity index (χ1n) is 5.90. The van der Waals surface area contributed by atoms with Crippen molar-refractivity contribution in [3.05, 3.63) is 40.5 Å². The zero-order chi connectivity index (χ0) is 14.0. The minimum absolute atomic E-state index is 0.0940. The molecule has 2 aromatic rings. The zero-order valence-corrected chi connectivity index (χ0v) is 11.6. The quantitative estimate of drug-likeness (QED) is 0.934. The van der Waals surface area contributed by atoms with E-state index in [1.54, 1.807) is 12.3 Å². The predicted octanol–water partition coefficient (Wildman–Crippen LogP) is 2.58. The molecule has 0 aliphatic heterocycles. The largest absolute Gasteiger partial charge is 0.481 e. The van der Waals surface area contributed by atoms with Crippen LogP contribution in [0.5, 0.6) is 0 Å². The normalized spacial score (nSPS) is 11.2. The molecule has 1 aromatic heterocycles. The Balaban J connectivity index is 2.56. The summed E-state index contributed by atoms with van der Waals surface area (Å²) in [6, 6.07) is 5.47. The van der Waals surface area contributed by atoms with Crippen molar-refractivity contribution in [2.45, 2.75) is 13.0 Å². The third-order valence-electron chi connectivity index (χ3n) is 2.80.